The molecule has 0 fully saturated rings. The number of nitrogens with one attached hydrogen (secondary N) is 2. The molecule has 6 nitrogen and oxygen atoms in total. The second kappa shape index (κ2) is 7.67. The Balaban J connectivity index is 2.57. The maximum atomic E-state index is 11.9. The maximum absolute atomic E-state index is 11.9. The van der Waals surface area contributed by atoms with E-state index >= 15 is 0 Å². The Hall–Kier alpha value is -1.85. The highest BCUT2D eigenvalue weighted by Crippen LogP contribution is 2.04. The van der Waals surface area contributed by atoms with E-state index in [2.05, 4.69) is 22.2 Å². The summed E-state index contributed by atoms with van der Waals surface area (Å²) in [5, 5.41) is 2.91. The molecule has 1 unspecified atom stereocenters. The van der Waals surface area contributed by atoms with Gasteiger partial charge in [0.1, 0.15) is 0 Å². The molecule has 6 heteroatoms. The van der Waals surface area contributed by atoms with Crippen LogP contribution in [-0.2, 0) is 11.2 Å². The van der Waals surface area contributed by atoms with Gasteiger partial charge in [-0.05, 0) is 20.3 Å². The normalized spacial score (nSPS) is 12.2. The van der Waals surface area contributed by atoms with Crippen LogP contribution in [0.2, 0.25) is 0 Å². The first-order valence-corrected chi connectivity index (χ1v) is 7.08. The molecule has 1 heterocycles. The third kappa shape index (κ3) is 5.03. The third-order valence-corrected chi connectivity index (χ3v) is 3.23. The number of nitrogens with zero attached hydrogens (tertiary/aromatic N) is 1. The molecule has 0 aliphatic carbocycles. The molecule has 1 amide bonds. The summed E-state index contributed by atoms with van der Waals surface area (Å²) in [5.41, 5.74) is 5.97. The monoisotopic (exact) mass is 280 g/mol. The minimum Gasteiger partial charge on any atom is -0.369 e. The lowest BCUT2D eigenvalue weighted by Crippen LogP contribution is -2.35. The lowest BCUT2D eigenvalue weighted by molar-refractivity contribution is -0.121. The van der Waals surface area contributed by atoms with E-state index in [1.54, 1.807) is 6.92 Å². The zero-order valence-corrected chi connectivity index (χ0v) is 12.5. The quantitative estimate of drug-likeness (QED) is 0.655. The standard InChI is InChI=1S/C14H24N4O2/c1-4-5-6-7-9(2)16-12(19)8-11-10(3)17-14(15)18-13(11)20/h9H,4-8H2,1-3H3,(H,16,19)(H3,15,17,18,20). The lowest BCUT2D eigenvalue weighted by Gasteiger charge is -2.14. The summed E-state index contributed by atoms with van der Waals surface area (Å²) < 4.78 is 0. The van der Waals surface area contributed by atoms with Gasteiger partial charge in [0.25, 0.3) is 5.56 Å². The molecule has 0 spiro atoms. The Morgan fingerprint density at radius 1 is 1.45 bits per heavy atom. The van der Waals surface area contributed by atoms with Gasteiger partial charge in [-0.15, -0.1) is 0 Å². The van der Waals surface area contributed by atoms with Gasteiger partial charge in [0.15, 0.2) is 0 Å². The Bertz CT molecular complexity index is 510. The van der Waals surface area contributed by atoms with Crippen LogP contribution < -0.4 is 16.6 Å². The van der Waals surface area contributed by atoms with Gasteiger partial charge >= 0.3 is 0 Å². The number of rotatable bonds is 7. The summed E-state index contributed by atoms with van der Waals surface area (Å²) in [6, 6.07) is 0.121. The summed E-state index contributed by atoms with van der Waals surface area (Å²) in [6.45, 7) is 5.80. The van der Waals surface area contributed by atoms with E-state index in [1.165, 1.54) is 6.42 Å². The highest BCUT2D eigenvalue weighted by Gasteiger charge is 2.13. The van der Waals surface area contributed by atoms with Crippen molar-refractivity contribution in [3.8, 4) is 0 Å². The molecular formula is C14H24N4O2. The number of unbranched alkanes of at least 4 members (excludes halogenated alkanes) is 2. The fourth-order valence-corrected chi connectivity index (χ4v) is 2.10. The molecule has 0 radical (unpaired) electrons. The molecule has 0 bridgehead atoms. The van der Waals surface area contributed by atoms with Gasteiger partial charge in [-0.2, -0.15) is 0 Å². The van der Waals surface area contributed by atoms with Gasteiger partial charge in [-0.3, -0.25) is 14.6 Å². The molecule has 0 saturated carbocycles. The van der Waals surface area contributed by atoms with E-state index in [1.807, 2.05) is 6.92 Å². The Labute approximate surface area is 119 Å². The summed E-state index contributed by atoms with van der Waals surface area (Å²) in [7, 11) is 0. The third-order valence-electron chi connectivity index (χ3n) is 3.23. The summed E-state index contributed by atoms with van der Waals surface area (Å²) in [6.07, 6.45) is 4.41. The van der Waals surface area contributed by atoms with E-state index in [9.17, 15) is 9.59 Å². The fourth-order valence-electron chi connectivity index (χ4n) is 2.10. The first-order chi connectivity index (χ1) is 9.43. The number of aromatic nitrogens is 2. The largest absolute Gasteiger partial charge is 0.369 e. The van der Waals surface area contributed by atoms with E-state index < -0.39 is 0 Å². The minimum absolute atomic E-state index is 0.0343. The van der Waals surface area contributed by atoms with Gasteiger partial charge in [0.05, 0.1) is 12.1 Å². The van der Waals surface area contributed by atoms with Crippen molar-refractivity contribution in [2.75, 3.05) is 5.73 Å². The molecule has 1 rings (SSSR count). The van der Waals surface area contributed by atoms with Crippen molar-refractivity contribution in [2.24, 2.45) is 0 Å². The average molecular weight is 280 g/mol. The van der Waals surface area contributed by atoms with E-state index in [0.29, 0.717) is 11.3 Å². The molecule has 1 aromatic heterocycles. The molecule has 0 aliphatic rings. The summed E-state index contributed by atoms with van der Waals surface area (Å²) >= 11 is 0. The number of anilines is 1. The van der Waals surface area contributed by atoms with Crippen molar-refractivity contribution >= 4 is 11.9 Å². The first kappa shape index (κ1) is 16.2. The van der Waals surface area contributed by atoms with Crippen LogP contribution in [0.15, 0.2) is 4.79 Å². The first-order valence-electron chi connectivity index (χ1n) is 7.08. The average Bonchev–Trinajstić information content (AvgIpc) is 2.34. The highest BCUT2D eigenvalue weighted by molar-refractivity contribution is 5.78. The smallest absolute Gasteiger partial charge is 0.256 e. The highest BCUT2D eigenvalue weighted by atomic mass is 16.2. The zero-order valence-electron chi connectivity index (χ0n) is 12.5. The van der Waals surface area contributed by atoms with Crippen LogP contribution in [0.4, 0.5) is 5.95 Å². The van der Waals surface area contributed by atoms with Crippen molar-refractivity contribution in [1.82, 2.24) is 15.3 Å². The van der Waals surface area contributed by atoms with Crippen LogP contribution in [0, 0.1) is 6.92 Å². The molecule has 1 atom stereocenters. The van der Waals surface area contributed by atoms with Gasteiger partial charge in [0, 0.05) is 11.6 Å². The maximum Gasteiger partial charge on any atom is 0.256 e. The predicted molar refractivity (Wildman–Crippen MR) is 79.5 cm³/mol. The van der Waals surface area contributed by atoms with Crippen molar-refractivity contribution in [3.05, 3.63) is 21.6 Å². The number of carbonyl (C=O) groups excluding carboxylic acids is 1. The lowest BCUT2D eigenvalue weighted by atomic mass is 10.1. The summed E-state index contributed by atoms with van der Waals surface area (Å²) in [5.74, 6) is -0.0845. The fraction of sp³-hybridized carbons (Fsp3) is 0.643. The number of nitrogen functional groups attached to an aromatic ring is 1. The Kier molecular flexibility index (Phi) is 6.21. The van der Waals surface area contributed by atoms with Crippen LogP contribution in [0.1, 0.15) is 50.8 Å². The number of H-pyrrole nitrogens is 1. The molecule has 0 aliphatic heterocycles. The van der Waals surface area contributed by atoms with Crippen molar-refractivity contribution in [2.45, 2.75) is 58.9 Å². The molecular weight excluding hydrogens is 256 g/mol. The SMILES string of the molecule is CCCCCC(C)NC(=O)Cc1c(C)nc(N)[nH]c1=O. The number of hydrogen-bond donors (Lipinski definition) is 3. The predicted octanol–water partition coefficient (Wildman–Crippen LogP) is 1.29. The van der Waals surface area contributed by atoms with E-state index in [4.69, 9.17) is 5.73 Å². The summed E-state index contributed by atoms with van der Waals surface area (Å²) in [4.78, 5) is 30.0. The van der Waals surface area contributed by atoms with Gasteiger partial charge in [0.2, 0.25) is 11.9 Å². The van der Waals surface area contributed by atoms with Gasteiger partial charge in [-0.1, -0.05) is 26.2 Å². The number of hydrogen-bond acceptors (Lipinski definition) is 4. The Morgan fingerprint density at radius 3 is 2.75 bits per heavy atom. The topological polar surface area (TPSA) is 101 Å². The Morgan fingerprint density at radius 2 is 2.15 bits per heavy atom. The van der Waals surface area contributed by atoms with Gasteiger partial charge in [-0.25, -0.2) is 4.98 Å². The van der Waals surface area contributed by atoms with Crippen molar-refractivity contribution in [1.29, 1.82) is 0 Å². The minimum atomic E-state index is -0.344. The van der Waals surface area contributed by atoms with Crippen LogP contribution >= 0.6 is 0 Å². The van der Waals surface area contributed by atoms with Crippen LogP contribution in [-0.4, -0.2) is 21.9 Å². The number of amides is 1. The molecule has 0 saturated heterocycles. The van der Waals surface area contributed by atoms with Crippen LogP contribution in [0.5, 0.6) is 0 Å². The van der Waals surface area contributed by atoms with Crippen molar-refractivity contribution < 1.29 is 4.79 Å². The number of aromatic amines is 1. The van der Waals surface area contributed by atoms with Crippen molar-refractivity contribution in [3.63, 3.8) is 0 Å². The number of aryl methyl sites for hydroxylation is 1. The molecule has 1 aromatic rings. The van der Waals surface area contributed by atoms with Crippen LogP contribution in [0.25, 0.3) is 0 Å². The molecule has 0 aromatic carbocycles. The van der Waals surface area contributed by atoms with E-state index in [-0.39, 0.29) is 29.9 Å². The second-order valence-electron chi connectivity index (χ2n) is 5.16. The molecule has 20 heavy (non-hydrogen) atoms. The number of nitrogens with two attached hydrogens (primary N) is 1. The van der Waals surface area contributed by atoms with E-state index in [0.717, 1.165) is 19.3 Å². The van der Waals surface area contributed by atoms with Crippen LogP contribution in [0.3, 0.4) is 0 Å². The number of carbonyl (C=O) groups is 1. The zero-order chi connectivity index (χ0) is 15.1. The van der Waals surface area contributed by atoms with Gasteiger partial charge < -0.3 is 11.1 Å². The second-order valence-corrected chi connectivity index (χ2v) is 5.16. The molecule has 112 valence electrons. The molecule has 4 N–H and O–H groups in total.